The van der Waals surface area contributed by atoms with Gasteiger partial charge in [-0.3, -0.25) is 14.9 Å². The summed E-state index contributed by atoms with van der Waals surface area (Å²) in [6, 6.07) is 16.4. The van der Waals surface area contributed by atoms with Crippen LogP contribution in [0.5, 0.6) is 17.4 Å². The van der Waals surface area contributed by atoms with Crippen LogP contribution >= 0.6 is 23.5 Å². The molecule has 0 saturated carbocycles. The lowest BCUT2D eigenvalue weighted by molar-refractivity contribution is -0.115. The van der Waals surface area contributed by atoms with Crippen LogP contribution in [0.25, 0.3) is 17.3 Å². The Kier molecular flexibility index (Phi) is 7.39. The zero-order valence-corrected chi connectivity index (χ0v) is 20.7. The van der Waals surface area contributed by atoms with Crippen LogP contribution in [0.15, 0.2) is 58.6 Å². The van der Waals surface area contributed by atoms with Crippen LogP contribution in [0.3, 0.4) is 0 Å². The number of thioether (sulfide) groups is 2. The minimum atomic E-state index is -0.466. The average molecular weight is 505 g/mol. The molecule has 3 aromatic rings. The van der Waals surface area contributed by atoms with E-state index in [1.54, 1.807) is 49.6 Å². The first-order valence-corrected chi connectivity index (χ1v) is 12.2. The molecule has 0 unspecified atom stereocenters. The summed E-state index contributed by atoms with van der Waals surface area (Å²) >= 11 is 2.27. The zero-order chi connectivity index (χ0) is 24.9. The Labute approximate surface area is 210 Å². The summed E-state index contributed by atoms with van der Waals surface area (Å²) in [5.74, 6) is 0.696. The van der Waals surface area contributed by atoms with E-state index in [1.165, 1.54) is 11.8 Å². The topological polar surface area (TPSA) is 114 Å². The molecule has 1 saturated heterocycles. The van der Waals surface area contributed by atoms with Crippen molar-refractivity contribution in [1.29, 1.82) is 5.26 Å². The number of ether oxygens (including phenoxy) is 2. The second-order valence-corrected chi connectivity index (χ2v) is 10.1. The van der Waals surface area contributed by atoms with E-state index in [2.05, 4.69) is 21.4 Å². The number of hydrogen-bond donors (Lipinski definition) is 1. The fourth-order valence-electron chi connectivity index (χ4n) is 3.18. The SMILES string of the molecule is COc1ccc(-c2nc(SC(C)C)nc(Oc3ccccc3/C=C3/SC(=O)NC3=O)c2C#N)cc1. The van der Waals surface area contributed by atoms with Gasteiger partial charge in [-0.1, -0.05) is 43.8 Å². The number of carbonyl (C=O) groups is 2. The molecule has 0 spiro atoms. The van der Waals surface area contributed by atoms with Crippen molar-refractivity contribution >= 4 is 40.7 Å². The fourth-order valence-corrected chi connectivity index (χ4v) is 4.55. The van der Waals surface area contributed by atoms with E-state index < -0.39 is 11.1 Å². The fraction of sp³-hybridized carbons (Fsp3) is 0.160. The number of hydrogen-bond acceptors (Lipinski definition) is 9. The molecule has 4 rings (SSSR count). The van der Waals surface area contributed by atoms with Gasteiger partial charge in [-0.15, -0.1) is 0 Å². The molecule has 0 atom stereocenters. The first-order valence-electron chi connectivity index (χ1n) is 10.5. The van der Waals surface area contributed by atoms with Crippen LogP contribution in [-0.2, 0) is 4.79 Å². The first-order chi connectivity index (χ1) is 16.9. The molecular formula is C25H20N4O4S2. The number of para-hydroxylation sites is 1. The van der Waals surface area contributed by atoms with Crippen molar-refractivity contribution in [2.24, 2.45) is 0 Å². The molecule has 1 aliphatic rings. The number of benzene rings is 2. The Morgan fingerprint density at radius 3 is 2.49 bits per heavy atom. The molecule has 35 heavy (non-hydrogen) atoms. The average Bonchev–Trinajstić information content (AvgIpc) is 3.16. The van der Waals surface area contributed by atoms with Crippen molar-refractivity contribution < 1.29 is 19.1 Å². The van der Waals surface area contributed by atoms with Crippen molar-refractivity contribution in [2.45, 2.75) is 24.3 Å². The molecule has 8 nitrogen and oxygen atoms in total. The van der Waals surface area contributed by atoms with Crippen LogP contribution in [0.4, 0.5) is 4.79 Å². The number of nitrogens with zero attached hydrogens (tertiary/aromatic N) is 3. The van der Waals surface area contributed by atoms with Crippen molar-refractivity contribution in [1.82, 2.24) is 15.3 Å². The Balaban J connectivity index is 1.80. The van der Waals surface area contributed by atoms with Gasteiger partial charge in [0, 0.05) is 16.4 Å². The highest BCUT2D eigenvalue weighted by atomic mass is 32.2. The van der Waals surface area contributed by atoms with Crippen molar-refractivity contribution in [3.05, 3.63) is 64.6 Å². The second-order valence-electron chi connectivity index (χ2n) is 7.53. The third kappa shape index (κ3) is 5.65. The zero-order valence-electron chi connectivity index (χ0n) is 19.1. The lowest BCUT2D eigenvalue weighted by Crippen LogP contribution is -2.17. The van der Waals surface area contributed by atoms with E-state index in [-0.39, 0.29) is 21.6 Å². The van der Waals surface area contributed by atoms with Crippen molar-refractivity contribution in [3.63, 3.8) is 0 Å². The lowest BCUT2D eigenvalue weighted by atomic mass is 10.1. The van der Waals surface area contributed by atoms with Gasteiger partial charge in [0.05, 0.1) is 17.7 Å². The third-order valence-corrected chi connectivity index (χ3v) is 6.40. The number of amides is 2. The number of nitrogens with one attached hydrogen (secondary N) is 1. The van der Waals surface area contributed by atoms with Crippen LogP contribution < -0.4 is 14.8 Å². The Morgan fingerprint density at radius 1 is 1.11 bits per heavy atom. The van der Waals surface area contributed by atoms with Gasteiger partial charge in [-0.05, 0) is 48.2 Å². The monoisotopic (exact) mass is 504 g/mol. The van der Waals surface area contributed by atoms with Crippen molar-refractivity contribution in [2.75, 3.05) is 7.11 Å². The van der Waals surface area contributed by atoms with Gasteiger partial charge in [0.15, 0.2) is 5.16 Å². The van der Waals surface area contributed by atoms with Gasteiger partial charge in [-0.2, -0.15) is 10.2 Å². The smallest absolute Gasteiger partial charge is 0.290 e. The summed E-state index contributed by atoms with van der Waals surface area (Å²) < 4.78 is 11.4. The van der Waals surface area contributed by atoms with Gasteiger partial charge in [0.2, 0.25) is 5.88 Å². The maximum atomic E-state index is 12.0. The van der Waals surface area contributed by atoms with E-state index in [0.717, 1.165) is 11.8 Å². The number of aromatic nitrogens is 2. The molecule has 1 aliphatic heterocycles. The summed E-state index contributed by atoms with van der Waals surface area (Å²) in [6.45, 7) is 4.04. The predicted octanol–water partition coefficient (Wildman–Crippen LogP) is 5.64. The van der Waals surface area contributed by atoms with Crippen LogP contribution in [0.2, 0.25) is 0 Å². The molecule has 176 valence electrons. The normalized spacial score (nSPS) is 14.2. The highest BCUT2D eigenvalue weighted by Crippen LogP contribution is 2.36. The maximum Gasteiger partial charge on any atom is 0.290 e. The molecule has 1 fully saturated rings. The molecule has 0 radical (unpaired) electrons. The molecule has 2 amide bonds. The minimum Gasteiger partial charge on any atom is -0.497 e. The number of imide groups is 1. The molecule has 1 N–H and O–H groups in total. The lowest BCUT2D eigenvalue weighted by Gasteiger charge is -2.14. The van der Waals surface area contributed by atoms with Gasteiger partial charge in [0.1, 0.15) is 23.1 Å². The Morgan fingerprint density at radius 2 is 1.86 bits per heavy atom. The van der Waals surface area contributed by atoms with E-state index in [9.17, 15) is 14.9 Å². The largest absolute Gasteiger partial charge is 0.497 e. The standard InChI is InChI=1S/C25H20N4O4S2/c1-14(2)34-24-27-21(15-8-10-17(32-3)11-9-15)18(13-26)23(29-24)33-19-7-5-4-6-16(19)12-20-22(30)28-25(31)35-20/h4-12,14H,1-3H3,(H,28,30,31)/b20-12+. The minimum absolute atomic E-state index is 0.0990. The van der Waals surface area contributed by atoms with Crippen LogP contribution in [0, 0.1) is 11.3 Å². The molecule has 10 heteroatoms. The maximum absolute atomic E-state index is 12.0. The first kappa shape index (κ1) is 24.3. The van der Waals surface area contributed by atoms with Gasteiger partial charge in [-0.25, -0.2) is 4.98 Å². The summed E-state index contributed by atoms with van der Waals surface area (Å²) in [4.78, 5) is 33.0. The number of methoxy groups -OCH3 is 1. The van der Waals surface area contributed by atoms with E-state index in [0.29, 0.717) is 33.5 Å². The Bertz CT molecular complexity index is 1360. The highest BCUT2D eigenvalue weighted by molar-refractivity contribution is 8.18. The second kappa shape index (κ2) is 10.6. The highest BCUT2D eigenvalue weighted by Gasteiger charge is 2.26. The summed E-state index contributed by atoms with van der Waals surface area (Å²) in [6.07, 6.45) is 1.57. The van der Waals surface area contributed by atoms with Crippen molar-refractivity contribution in [3.8, 4) is 34.7 Å². The number of nitriles is 1. The summed E-state index contributed by atoms with van der Waals surface area (Å²) in [5.41, 5.74) is 1.89. The van der Waals surface area contributed by atoms with Gasteiger partial charge in [0.25, 0.3) is 11.1 Å². The molecule has 2 aromatic carbocycles. The quantitative estimate of drug-likeness (QED) is 0.248. The Hall–Kier alpha value is -3.81. The summed E-state index contributed by atoms with van der Waals surface area (Å²) in [7, 11) is 1.58. The van der Waals surface area contributed by atoms with E-state index >= 15 is 0 Å². The van der Waals surface area contributed by atoms with Crippen LogP contribution in [-0.4, -0.2) is 33.5 Å². The molecule has 0 aliphatic carbocycles. The summed E-state index contributed by atoms with van der Waals surface area (Å²) in [5, 5.41) is 12.5. The van der Waals surface area contributed by atoms with E-state index in [1.807, 2.05) is 26.0 Å². The van der Waals surface area contributed by atoms with Gasteiger partial charge >= 0.3 is 0 Å². The van der Waals surface area contributed by atoms with Gasteiger partial charge < -0.3 is 9.47 Å². The molecule has 0 bridgehead atoms. The number of rotatable bonds is 7. The van der Waals surface area contributed by atoms with E-state index in [4.69, 9.17) is 9.47 Å². The molecular weight excluding hydrogens is 484 g/mol. The number of carbonyl (C=O) groups excluding carboxylic acids is 2. The molecule has 2 heterocycles. The predicted molar refractivity (Wildman–Crippen MR) is 135 cm³/mol. The van der Waals surface area contributed by atoms with Crippen LogP contribution in [0.1, 0.15) is 25.0 Å². The third-order valence-electron chi connectivity index (χ3n) is 4.73. The molecule has 1 aromatic heterocycles.